The number of para-hydroxylation sites is 1. The van der Waals surface area contributed by atoms with E-state index in [0.717, 1.165) is 49.0 Å². The molecule has 14 aromatic rings. The minimum atomic E-state index is 0.579. The van der Waals surface area contributed by atoms with Gasteiger partial charge in [-0.2, -0.15) is 9.97 Å². The van der Waals surface area contributed by atoms with Crippen LogP contribution in [0.15, 0.2) is 200 Å². The van der Waals surface area contributed by atoms with E-state index in [4.69, 9.17) is 15.0 Å². The first kappa shape index (κ1) is 34.5. The Kier molecular flexibility index (Phi) is 7.21. The predicted octanol–water partition coefficient (Wildman–Crippen LogP) is 15.2. The van der Waals surface area contributed by atoms with Crippen LogP contribution in [0.2, 0.25) is 0 Å². The number of rotatable bonds is 4. The van der Waals surface area contributed by atoms with Crippen LogP contribution >= 0.6 is 11.3 Å². The summed E-state index contributed by atoms with van der Waals surface area (Å²) in [5.74, 6) is 1.83. The van der Waals surface area contributed by atoms with Gasteiger partial charge in [0.2, 0.25) is 5.95 Å². The Bertz CT molecular complexity index is 4120. The molecule has 0 radical (unpaired) electrons. The smallest absolute Gasteiger partial charge is 0.238 e. The molecule has 0 aliphatic carbocycles. The largest absolute Gasteiger partial charge is 0.309 e. The second kappa shape index (κ2) is 13.2. The Morgan fingerprint density at radius 1 is 0.349 bits per heavy atom. The fraction of sp³-hybridized carbons (Fsp3) is 0. The third kappa shape index (κ3) is 5.01. The van der Waals surface area contributed by atoms with E-state index < -0.39 is 0 Å². The predicted molar refractivity (Wildman–Crippen MR) is 265 cm³/mol. The van der Waals surface area contributed by atoms with Gasteiger partial charge in [0.1, 0.15) is 0 Å². The van der Waals surface area contributed by atoms with Gasteiger partial charge in [-0.15, -0.1) is 11.3 Å². The van der Waals surface area contributed by atoms with Crippen LogP contribution in [0.3, 0.4) is 0 Å². The van der Waals surface area contributed by atoms with Gasteiger partial charge in [-0.3, -0.25) is 4.57 Å². The van der Waals surface area contributed by atoms with Crippen molar-refractivity contribution in [2.75, 3.05) is 0 Å². The van der Waals surface area contributed by atoms with Crippen LogP contribution < -0.4 is 0 Å². The van der Waals surface area contributed by atoms with Crippen molar-refractivity contribution >= 4 is 107 Å². The lowest BCUT2D eigenvalue weighted by molar-refractivity contribution is 0.954. The highest BCUT2D eigenvalue weighted by molar-refractivity contribution is 7.26. The van der Waals surface area contributed by atoms with Crippen molar-refractivity contribution in [3.05, 3.63) is 200 Å². The van der Waals surface area contributed by atoms with Crippen LogP contribution in [0.5, 0.6) is 0 Å². The van der Waals surface area contributed by atoms with E-state index in [0.29, 0.717) is 17.6 Å². The standard InChI is InChI=1S/C57H33N5S/c1-2-17-37(18-3-1)55-58-56(60-57(59-55)62-46-24-12-10-23-43(46)51-39-19-7-4-14-34(39)26-29-47(51)62)45-33-38(32-44-42-22-11-13-25-50(42)63-54(44)45)61-48-30-27-35-15-5-8-20-40(35)52(48)53-41-21-9-6-16-36(41)28-31-49(53)61/h1-33H. The van der Waals surface area contributed by atoms with Gasteiger partial charge in [0.05, 0.1) is 22.1 Å². The summed E-state index contributed by atoms with van der Waals surface area (Å²) in [6.45, 7) is 0. The van der Waals surface area contributed by atoms with Gasteiger partial charge >= 0.3 is 0 Å². The van der Waals surface area contributed by atoms with Crippen molar-refractivity contribution in [2.24, 2.45) is 0 Å². The number of fused-ring (bicyclic) bond motifs is 15. The maximum atomic E-state index is 5.54. The Balaban J connectivity index is 1.12. The zero-order valence-corrected chi connectivity index (χ0v) is 34.5. The van der Waals surface area contributed by atoms with Crippen molar-refractivity contribution in [3.63, 3.8) is 0 Å². The Hall–Kier alpha value is -8.19. The summed E-state index contributed by atoms with van der Waals surface area (Å²) < 4.78 is 7.04. The topological polar surface area (TPSA) is 48.5 Å². The highest BCUT2D eigenvalue weighted by Crippen LogP contribution is 2.45. The summed E-state index contributed by atoms with van der Waals surface area (Å²) in [5.41, 5.74) is 7.36. The van der Waals surface area contributed by atoms with Gasteiger partial charge in [-0.05, 0) is 74.8 Å². The molecule has 0 aliphatic rings. The summed E-state index contributed by atoms with van der Waals surface area (Å²) >= 11 is 1.80. The molecule has 0 aliphatic heterocycles. The molecule has 10 aromatic carbocycles. The minimum absolute atomic E-state index is 0.579. The highest BCUT2D eigenvalue weighted by atomic mass is 32.1. The molecule has 0 N–H and O–H groups in total. The Morgan fingerprint density at radius 2 is 0.873 bits per heavy atom. The van der Waals surface area contributed by atoms with Gasteiger partial charge < -0.3 is 4.57 Å². The van der Waals surface area contributed by atoms with E-state index in [9.17, 15) is 0 Å². The third-order valence-corrected chi connectivity index (χ3v) is 14.1. The average molecular weight is 820 g/mol. The fourth-order valence-corrected chi connectivity index (χ4v) is 11.4. The molecule has 4 heterocycles. The molecular weight excluding hydrogens is 787 g/mol. The summed E-state index contributed by atoms with van der Waals surface area (Å²) in [5, 5.41) is 14.6. The molecule has 6 heteroatoms. The molecule has 14 rings (SSSR count). The number of benzene rings is 10. The molecule has 0 spiro atoms. The van der Waals surface area contributed by atoms with E-state index in [-0.39, 0.29) is 0 Å². The fourth-order valence-electron chi connectivity index (χ4n) is 10.2. The van der Waals surface area contributed by atoms with Gasteiger partial charge in [0, 0.05) is 58.5 Å². The highest BCUT2D eigenvalue weighted by Gasteiger charge is 2.24. The monoisotopic (exact) mass is 819 g/mol. The quantitative estimate of drug-likeness (QED) is 0.178. The molecule has 0 atom stereocenters. The normalized spacial score (nSPS) is 12.1. The second-order valence-electron chi connectivity index (χ2n) is 16.3. The molecule has 0 unspecified atom stereocenters. The maximum Gasteiger partial charge on any atom is 0.238 e. The maximum absolute atomic E-state index is 5.54. The zero-order chi connectivity index (χ0) is 41.2. The van der Waals surface area contributed by atoms with Gasteiger partial charge in [-0.1, -0.05) is 158 Å². The lowest BCUT2D eigenvalue weighted by Gasteiger charge is -2.14. The molecule has 4 aromatic heterocycles. The average Bonchev–Trinajstić information content (AvgIpc) is 4.02. The molecule has 292 valence electrons. The van der Waals surface area contributed by atoms with Crippen LogP contribution in [-0.2, 0) is 0 Å². The molecule has 0 saturated carbocycles. The van der Waals surface area contributed by atoms with E-state index in [1.54, 1.807) is 11.3 Å². The van der Waals surface area contributed by atoms with Gasteiger partial charge in [0.15, 0.2) is 11.6 Å². The van der Waals surface area contributed by atoms with Crippen molar-refractivity contribution < 1.29 is 0 Å². The molecule has 0 saturated heterocycles. The Morgan fingerprint density at radius 3 is 1.54 bits per heavy atom. The van der Waals surface area contributed by atoms with Crippen molar-refractivity contribution in [1.82, 2.24) is 24.1 Å². The summed E-state index contributed by atoms with van der Waals surface area (Å²) in [7, 11) is 0. The summed E-state index contributed by atoms with van der Waals surface area (Å²) in [4.78, 5) is 16.3. The first-order valence-electron chi connectivity index (χ1n) is 21.3. The molecule has 5 nitrogen and oxygen atoms in total. The molecular formula is C57H33N5S. The number of hydrogen-bond acceptors (Lipinski definition) is 4. The third-order valence-electron chi connectivity index (χ3n) is 12.9. The molecule has 0 amide bonds. The van der Waals surface area contributed by atoms with Crippen molar-refractivity contribution in [1.29, 1.82) is 0 Å². The lowest BCUT2D eigenvalue weighted by atomic mass is 10.00. The molecule has 0 bridgehead atoms. The number of nitrogens with zero attached hydrogens (tertiary/aromatic N) is 5. The SMILES string of the molecule is c1ccc(-c2nc(-c3cc(-n4c5ccc6ccccc6c5c5c6ccccc6ccc54)cc4c3sc3ccccc34)nc(-n3c4ccccc4c4c5ccccc5ccc43)n2)cc1. The minimum Gasteiger partial charge on any atom is -0.309 e. The first-order valence-corrected chi connectivity index (χ1v) is 22.1. The second-order valence-corrected chi connectivity index (χ2v) is 17.4. The lowest BCUT2D eigenvalue weighted by Crippen LogP contribution is -2.06. The van der Waals surface area contributed by atoms with Gasteiger partial charge in [-0.25, -0.2) is 4.98 Å². The van der Waals surface area contributed by atoms with Crippen LogP contribution in [0, 0.1) is 0 Å². The molecule has 63 heavy (non-hydrogen) atoms. The van der Waals surface area contributed by atoms with Crippen LogP contribution in [0.4, 0.5) is 0 Å². The number of thiophene rings is 1. The van der Waals surface area contributed by atoms with Gasteiger partial charge in [0.25, 0.3) is 0 Å². The van der Waals surface area contributed by atoms with E-state index in [2.05, 4.69) is 191 Å². The van der Waals surface area contributed by atoms with Crippen molar-refractivity contribution in [2.45, 2.75) is 0 Å². The van der Waals surface area contributed by atoms with Crippen molar-refractivity contribution in [3.8, 4) is 34.4 Å². The van der Waals surface area contributed by atoms with E-state index in [1.165, 1.54) is 63.9 Å². The van der Waals surface area contributed by atoms with E-state index in [1.807, 2.05) is 18.2 Å². The number of hydrogen-bond donors (Lipinski definition) is 0. The van der Waals surface area contributed by atoms with Crippen LogP contribution in [-0.4, -0.2) is 24.1 Å². The van der Waals surface area contributed by atoms with Crippen LogP contribution in [0.25, 0.3) is 131 Å². The summed E-state index contributed by atoms with van der Waals surface area (Å²) in [6, 6.07) is 72.0. The Labute approximate surface area is 364 Å². The number of aromatic nitrogens is 5. The summed E-state index contributed by atoms with van der Waals surface area (Å²) in [6.07, 6.45) is 0. The zero-order valence-electron chi connectivity index (χ0n) is 33.7. The molecule has 0 fully saturated rings. The van der Waals surface area contributed by atoms with Crippen LogP contribution in [0.1, 0.15) is 0 Å². The van der Waals surface area contributed by atoms with E-state index >= 15 is 0 Å². The first-order chi connectivity index (χ1) is 31.2.